The quantitative estimate of drug-likeness (QED) is 0.0688. The van der Waals surface area contributed by atoms with E-state index >= 15 is 0 Å². The van der Waals surface area contributed by atoms with Crippen LogP contribution in [0.3, 0.4) is 0 Å². The van der Waals surface area contributed by atoms with Gasteiger partial charge < -0.3 is 28.6 Å². The highest BCUT2D eigenvalue weighted by atomic mass is 28.4. The van der Waals surface area contributed by atoms with Crippen molar-refractivity contribution in [2.45, 2.75) is 130 Å². The van der Waals surface area contributed by atoms with Crippen LogP contribution in [0, 0.1) is 6.92 Å². The average molecular weight is 787 g/mol. The molecule has 0 amide bonds. The summed E-state index contributed by atoms with van der Waals surface area (Å²) in [5, 5.41) is 16.7. The number of anilines is 1. The molecule has 12 heteroatoms. The summed E-state index contributed by atoms with van der Waals surface area (Å²) in [6.07, 6.45) is 3.25. The molecule has 2 atom stereocenters. The van der Waals surface area contributed by atoms with Crippen LogP contribution in [0.4, 0.5) is 5.82 Å². The SMILES string of the molecule is CCOC(=O)C(OC(C)(C)C)c1c(C)nc2cc(C(=O)O)nn2c1N1CCC(C)(OCCCCC(C)O[Si](c2ccccc2)(c2ccccc2)C(C)(C)C)CC1. The van der Waals surface area contributed by atoms with Crippen LogP contribution >= 0.6 is 0 Å². The van der Waals surface area contributed by atoms with Crippen molar-refractivity contribution in [1.82, 2.24) is 14.6 Å². The van der Waals surface area contributed by atoms with Crippen molar-refractivity contribution < 1.29 is 33.3 Å². The van der Waals surface area contributed by atoms with E-state index in [-0.39, 0.29) is 29.0 Å². The Balaban J connectivity index is 1.27. The molecule has 1 aliphatic heterocycles. The van der Waals surface area contributed by atoms with Gasteiger partial charge in [-0.3, -0.25) is 0 Å². The third kappa shape index (κ3) is 9.70. The molecule has 2 unspecified atom stereocenters. The summed E-state index contributed by atoms with van der Waals surface area (Å²) in [6, 6.07) is 23.0. The lowest BCUT2D eigenvalue weighted by Crippen LogP contribution is -2.67. The Hall–Kier alpha value is -4.10. The van der Waals surface area contributed by atoms with E-state index in [1.807, 2.05) is 27.7 Å². The Morgan fingerprint density at radius 2 is 1.54 bits per heavy atom. The summed E-state index contributed by atoms with van der Waals surface area (Å²) >= 11 is 0. The van der Waals surface area contributed by atoms with Crippen LogP contribution in [0.15, 0.2) is 66.7 Å². The number of nitrogens with zero attached hydrogens (tertiary/aromatic N) is 4. The first-order valence-electron chi connectivity index (χ1n) is 20.0. The van der Waals surface area contributed by atoms with E-state index < -0.39 is 32.0 Å². The summed E-state index contributed by atoms with van der Waals surface area (Å²) in [5.41, 5.74) is 0.278. The van der Waals surface area contributed by atoms with Crippen LogP contribution in [0.1, 0.15) is 122 Å². The molecule has 1 fully saturated rings. The molecule has 5 rings (SSSR count). The second kappa shape index (κ2) is 17.6. The Morgan fingerprint density at radius 1 is 0.946 bits per heavy atom. The summed E-state index contributed by atoms with van der Waals surface area (Å²) in [5.74, 6) is -1.11. The van der Waals surface area contributed by atoms with Gasteiger partial charge in [0.2, 0.25) is 0 Å². The smallest absolute Gasteiger partial charge is 0.356 e. The minimum Gasteiger partial charge on any atom is -0.476 e. The molecule has 1 N–H and O–H groups in total. The third-order valence-corrected chi connectivity index (χ3v) is 15.8. The number of carboxylic acids is 1. The van der Waals surface area contributed by atoms with Gasteiger partial charge in [0.05, 0.1) is 23.4 Å². The standard InChI is InChI=1S/C44H62N4O7Si/c1-11-52-41(51)38(54-42(4,5)6)37-32(3)45-36-30-35(40(49)50)46-48(36)39(37)47-27-25-44(10,26-28-47)53-29-19-18-20-31(2)55-56(43(7,8)9,33-21-14-12-15-22-33)34-23-16-13-17-24-34/h12-17,21-24,30-31,38H,11,18-20,25-29H2,1-10H3,(H,49,50). The molecular formula is C44H62N4O7Si. The lowest BCUT2D eigenvalue weighted by Gasteiger charge is -2.44. The van der Waals surface area contributed by atoms with Gasteiger partial charge in [0.1, 0.15) is 5.82 Å². The summed E-state index contributed by atoms with van der Waals surface area (Å²) in [7, 11) is -2.62. The maximum Gasteiger partial charge on any atom is 0.356 e. The normalized spacial score (nSPS) is 16.1. The minimum atomic E-state index is -2.62. The predicted molar refractivity (Wildman–Crippen MR) is 223 cm³/mol. The van der Waals surface area contributed by atoms with Crippen LogP contribution in [0.5, 0.6) is 0 Å². The lowest BCUT2D eigenvalue weighted by atomic mass is 9.92. The number of unbranched alkanes of at least 4 members (excludes halogenated alkanes) is 1. The van der Waals surface area contributed by atoms with Gasteiger partial charge >= 0.3 is 11.9 Å². The number of aromatic nitrogens is 3. The maximum absolute atomic E-state index is 13.5. The Morgan fingerprint density at radius 3 is 2.05 bits per heavy atom. The first kappa shape index (κ1) is 43.0. The molecule has 304 valence electrons. The maximum atomic E-state index is 13.5. The highest BCUT2D eigenvalue weighted by molar-refractivity contribution is 6.99. The summed E-state index contributed by atoms with van der Waals surface area (Å²) < 4.78 is 27.3. The van der Waals surface area contributed by atoms with Gasteiger partial charge in [-0.2, -0.15) is 9.61 Å². The number of ether oxygens (including phenoxy) is 3. The fourth-order valence-electron chi connectivity index (χ4n) is 7.87. The topological polar surface area (TPSA) is 125 Å². The molecule has 0 spiro atoms. The van der Waals surface area contributed by atoms with E-state index in [0.29, 0.717) is 42.4 Å². The number of hydrogen-bond acceptors (Lipinski definition) is 9. The first-order valence-corrected chi connectivity index (χ1v) is 22.0. The monoisotopic (exact) mass is 786 g/mol. The highest BCUT2D eigenvalue weighted by Gasteiger charge is 2.51. The molecule has 0 bridgehead atoms. The zero-order valence-electron chi connectivity index (χ0n) is 35.1. The van der Waals surface area contributed by atoms with E-state index in [0.717, 1.165) is 32.1 Å². The lowest BCUT2D eigenvalue weighted by molar-refractivity contribution is -0.166. The first-order chi connectivity index (χ1) is 26.4. The Labute approximate surface area is 333 Å². The molecule has 1 saturated heterocycles. The third-order valence-electron chi connectivity index (χ3n) is 10.6. The molecule has 11 nitrogen and oxygen atoms in total. The van der Waals surface area contributed by atoms with E-state index in [2.05, 4.69) is 110 Å². The Kier molecular flexibility index (Phi) is 13.5. The van der Waals surface area contributed by atoms with Crippen molar-refractivity contribution >= 4 is 42.1 Å². The van der Waals surface area contributed by atoms with E-state index in [1.165, 1.54) is 21.0 Å². The zero-order chi connectivity index (χ0) is 40.9. The van der Waals surface area contributed by atoms with Crippen LogP contribution < -0.4 is 15.3 Å². The largest absolute Gasteiger partial charge is 0.476 e. The number of fused-ring (bicyclic) bond motifs is 1. The van der Waals surface area contributed by atoms with Crippen molar-refractivity contribution in [3.63, 3.8) is 0 Å². The number of hydrogen-bond donors (Lipinski definition) is 1. The summed E-state index contributed by atoms with van der Waals surface area (Å²) in [4.78, 5) is 32.3. The fourth-order valence-corrected chi connectivity index (χ4v) is 12.6. The van der Waals surface area contributed by atoms with Crippen LogP contribution in [-0.2, 0) is 23.4 Å². The fraction of sp³-hybridized carbons (Fsp3) is 0.545. The minimum absolute atomic E-state index is 0.0691. The van der Waals surface area contributed by atoms with Gasteiger partial charge in [-0.1, -0.05) is 81.4 Å². The predicted octanol–water partition coefficient (Wildman–Crippen LogP) is 7.67. The van der Waals surface area contributed by atoms with Gasteiger partial charge in [-0.25, -0.2) is 14.6 Å². The second-order valence-corrected chi connectivity index (χ2v) is 21.5. The van der Waals surface area contributed by atoms with Crippen molar-refractivity contribution in [3.05, 3.63) is 83.7 Å². The summed E-state index contributed by atoms with van der Waals surface area (Å²) in [6.45, 7) is 22.5. The van der Waals surface area contributed by atoms with Crippen LogP contribution in [0.25, 0.3) is 5.65 Å². The molecule has 4 aromatic rings. The number of aromatic carboxylic acids is 1. The highest BCUT2D eigenvalue weighted by Crippen LogP contribution is 2.40. The van der Waals surface area contributed by atoms with E-state index in [1.54, 1.807) is 6.92 Å². The number of rotatable bonds is 16. The molecule has 0 radical (unpaired) electrons. The molecule has 3 heterocycles. The van der Waals surface area contributed by atoms with Gasteiger partial charge in [0, 0.05) is 37.6 Å². The molecule has 0 saturated carbocycles. The van der Waals surface area contributed by atoms with Gasteiger partial charge in [-0.15, -0.1) is 0 Å². The van der Waals surface area contributed by atoms with Crippen molar-refractivity contribution in [2.24, 2.45) is 0 Å². The molecule has 2 aromatic heterocycles. The van der Waals surface area contributed by atoms with Crippen molar-refractivity contribution in [1.29, 1.82) is 0 Å². The van der Waals surface area contributed by atoms with E-state index in [4.69, 9.17) is 18.6 Å². The zero-order valence-corrected chi connectivity index (χ0v) is 36.1. The van der Waals surface area contributed by atoms with Gasteiger partial charge in [0.15, 0.2) is 17.4 Å². The number of aryl methyl sites for hydroxylation is 1. The number of esters is 1. The van der Waals surface area contributed by atoms with Crippen LogP contribution in [0.2, 0.25) is 5.04 Å². The van der Waals surface area contributed by atoms with Crippen LogP contribution in [-0.4, -0.2) is 83.6 Å². The second-order valence-electron chi connectivity index (χ2n) is 17.3. The number of benzene rings is 2. The van der Waals surface area contributed by atoms with Gasteiger partial charge in [-0.05, 0) is 96.0 Å². The number of piperidine rings is 1. The van der Waals surface area contributed by atoms with Crippen molar-refractivity contribution in [2.75, 3.05) is 31.2 Å². The molecule has 56 heavy (non-hydrogen) atoms. The molecule has 0 aliphatic carbocycles. The van der Waals surface area contributed by atoms with Gasteiger partial charge in [0.25, 0.3) is 8.32 Å². The molecule has 2 aromatic carbocycles. The number of carbonyl (C=O) groups excluding carboxylic acids is 1. The van der Waals surface area contributed by atoms with E-state index in [9.17, 15) is 14.7 Å². The average Bonchev–Trinajstić information content (AvgIpc) is 3.57. The number of carbonyl (C=O) groups is 2. The molecule has 1 aliphatic rings. The Bertz CT molecular complexity index is 1890. The van der Waals surface area contributed by atoms with Crippen molar-refractivity contribution in [3.8, 4) is 0 Å². The molecular weight excluding hydrogens is 725 g/mol. The number of carboxylic acid groups (broad SMARTS) is 1.